The van der Waals surface area contributed by atoms with Crippen LogP contribution in [0.1, 0.15) is 12.5 Å². The highest BCUT2D eigenvalue weighted by molar-refractivity contribution is 5.44. The summed E-state index contributed by atoms with van der Waals surface area (Å²) in [6.45, 7) is 2.13. The van der Waals surface area contributed by atoms with Gasteiger partial charge in [-0.05, 0) is 24.1 Å². The number of carbonyl (C=O) groups excluding carboxylic acids is 1. The Kier molecular flexibility index (Phi) is 6.78. The summed E-state index contributed by atoms with van der Waals surface area (Å²) in [5.74, 6) is 4.41. The number of nitrogens with zero attached hydrogens (tertiary/aromatic N) is 1. The van der Waals surface area contributed by atoms with Gasteiger partial charge in [0.2, 0.25) is 6.41 Å². The fraction of sp³-hybridized carbons (Fsp3) is 0.250. The van der Waals surface area contributed by atoms with Gasteiger partial charge in [0.15, 0.2) is 0 Å². The van der Waals surface area contributed by atoms with Gasteiger partial charge >= 0.3 is 0 Å². The van der Waals surface area contributed by atoms with Crippen LogP contribution in [-0.4, -0.2) is 11.4 Å². The van der Waals surface area contributed by atoms with Crippen LogP contribution in [0.15, 0.2) is 24.5 Å². The minimum atomic E-state index is 0.403. The van der Waals surface area contributed by atoms with Crippen molar-refractivity contribution in [1.82, 2.24) is 10.4 Å². The first-order chi connectivity index (χ1) is 5.85. The summed E-state index contributed by atoms with van der Waals surface area (Å²) in [6.07, 6.45) is 5.14. The van der Waals surface area contributed by atoms with E-state index in [-0.39, 0.29) is 0 Å². The second kappa shape index (κ2) is 7.68. The first-order valence-electron chi connectivity index (χ1n) is 3.63. The zero-order valence-electron chi connectivity index (χ0n) is 7.03. The van der Waals surface area contributed by atoms with Crippen molar-refractivity contribution < 1.29 is 4.79 Å². The predicted octanol–water partition coefficient (Wildman–Crippen LogP) is 0.250. The molecule has 66 valence electrons. The lowest BCUT2D eigenvalue weighted by atomic mass is 10.2. The Labute approximate surface area is 71.8 Å². The van der Waals surface area contributed by atoms with Gasteiger partial charge in [0.1, 0.15) is 0 Å². The van der Waals surface area contributed by atoms with Crippen LogP contribution in [0.4, 0.5) is 0 Å². The van der Waals surface area contributed by atoms with Crippen molar-refractivity contribution in [2.24, 2.45) is 5.84 Å². The molecular formula is C8H13N3O. The van der Waals surface area contributed by atoms with Crippen LogP contribution < -0.4 is 11.3 Å². The molecule has 0 aliphatic carbocycles. The van der Waals surface area contributed by atoms with Gasteiger partial charge in [-0.25, -0.2) is 5.84 Å². The van der Waals surface area contributed by atoms with Crippen LogP contribution in [-0.2, 0) is 11.2 Å². The van der Waals surface area contributed by atoms with Gasteiger partial charge < -0.3 is 0 Å². The van der Waals surface area contributed by atoms with Crippen molar-refractivity contribution in [2.45, 2.75) is 13.3 Å². The number of hydrazine groups is 1. The fourth-order valence-electron chi connectivity index (χ4n) is 0.618. The number of amides is 1. The standard InChI is InChI=1S/C7H9N.CH4N2O/c1-2-7-3-5-8-6-4-7;2-3-1-4/h3-6H,2H2,1H3;1H,2H2,(H,3,4). The molecule has 4 heteroatoms. The van der Waals surface area contributed by atoms with E-state index in [1.807, 2.05) is 24.5 Å². The van der Waals surface area contributed by atoms with Gasteiger partial charge in [-0.3, -0.25) is 15.2 Å². The summed E-state index contributed by atoms with van der Waals surface area (Å²) in [7, 11) is 0. The lowest BCUT2D eigenvalue weighted by Crippen LogP contribution is -2.18. The number of hydrogen-bond acceptors (Lipinski definition) is 3. The van der Waals surface area contributed by atoms with Crippen LogP contribution in [0.25, 0.3) is 0 Å². The molecule has 1 aromatic heterocycles. The average molecular weight is 167 g/mol. The molecule has 0 bridgehead atoms. The Hall–Kier alpha value is -1.42. The van der Waals surface area contributed by atoms with E-state index < -0.39 is 0 Å². The molecule has 0 atom stereocenters. The highest BCUT2D eigenvalue weighted by atomic mass is 16.1. The molecule has 0 aliphatic heterocycles. The zero-order valence-corrected chi connectivity index (χ0v) is 7.03. The van der Waals surface area contributed by atoms with Crippen LogP contribution in [0, 0.1) is 0 Å². The van der Waals surface area contributed by atoms with Crippen molar-refractivity contribution >= 4 is 6.41 Å². The molecule has 1 amide bonds. The minimum Gasteiger partial charge on any atom is -0.297 e. The maximum atomic E-state index is 8.94. The molecule has 0 saturated carbocycles. The van der Waals surface area contributed by atoms with Crippen LogP contribution >= 0.6 is 0 Å². The van der Waals surface area contributed by atoms with E-state index in [0.717, 1.165) is 6.42 Å². The molecule has 0 aliphatic rings. The number of carbonyl (C=O) groups is 1. The highest BCUT2D eigenvalue weighted by Crippen LogP contribution is 1.94. The molecule has 12 heavy (non-hydrogen) atoms. The highest BCUT2D eigenvalue weighted by Gasteiger charge is 1.80. The third-order valence-corrected chi connectivity index (χ3v) is 1.23. The van der Waals surface area contributed by atoms with E-state index in [2.05, 4.69) is 17.8 Å². The zero-order chi connectivity index (χ0) is 9.23. The monoisotopic (exact) mass is 167 g/mol. The van der Waals surface area contributed by atoms with E-state index in [1.54, 1.807) is 5.43 Å². The van der Waals surface area contributed by atoms with Gasteiger partial charge in [-0.2, -0.15) is 0 Å². The van der Waals surface area contributed by atoms with Gasteiger partial charge in [-0.15, -0.1) is 0 Å². The molecule has 4 nitrogen and oxygen atoms in total. The summed E-state index contributed by atoms with van der Waals surface area (Å²) in [5.41, 5.74) is 3.10. The number of aromatic nitrogens is 1. The van der Waals surface area contributed by atoms with E-state index in [0.29, 0.717) is 6.41 Å². The molecule has 0 radical (unpaired) electrons. The molecule has 0 spiro atoms. The molecule has 0 saturated heterocycles. The lowest BCUT2D eigenvalue weighted by molar-refractivity contribution is -0.109. The van der Waals surface area contributed by atoms with E-state index in [4.69, 9.17) is 4.79 Å². The number of aryl methyl sites for hydroxylation is 1. The summed E-state index contributed by atoms with van der Waals surface area (Å²) < 4.78 is 0. The van der Waals surface area contributed by atoms with Gasteiger partial charge in [0.25, 0.3) is 0 Å². The first kappa shape index (κ1) is 10.6. The first-order valence-corrected chi connectivity index (χ1v) is 3.63. The third kappa shape index (κ3) is 5.37. The summed E-state index contributed by atoms with van der Waals surface area (Å²) in [5, 5.41) is 0. The molecule has 1 rings (SSSR count). The van der Waals surface area contributed by atoms with Crippen molar-refractivity contribution in [1.29, 1.82) is 0 Å². The Bertz CT molecular complexity index is 201. The lowest BCUT2D eigenvalue weighted by Gasteiger charge is -1.89. The maximum Gasteiger partial charge on any atom is 0.221 e. The molecule has 0 unspecified atom stereocenters. The summed E-state index contributed by atoms with van der Waals surface area (Å²) in [6, 6.07) is 4.06. The Morgan fingerprint density at radius 1 is 1.58 bits per heavy atom. The van der Waals surface area contributed by atoms with Gasteiger partial charge in [-0.1, -0.05) is 6.92 Å². The second-order valence-corrected chi connectivity index (χ2v) is 1.99. The molecule has 0 aromatic carbocycles. The quantitative estimate of drug-likeness (QED) is 0.287. The largest absolute Gasteiger partial charge is 0.297 e. The SMILES string of the molecule is CCc1ccncc1.NNC=O. The number of pyridine rings is 1. The summed E-state index contributed by atoms with van der Waals surface area (Å²) in [4.78, 5) is 12.8. The van der Waals surface area contributed by atoms with Crippen molar-refractivity contribution in [3.63, 3.8) is 0 Å². The smallest absolute Gasteiger partial charge is 0.221 e. The van der Waals surface area contributed by atoms with E-state index >= 15 is 0 Å². The average Bonchev–Trinajstić information content (AvgIpc) is 2.19. The summed E-state index contributed by atoms with van der Waals surface area (Å²) >= 11 is 0. The third-order valence-electron chi connectivity index (χ3n) is 1.23. The van der Waals surface area contributed by atoms with Crippen molar-refractivity contribution in [3.05, 3.63) is 30.1 Å². The van der Waals surface area contributed by atoms with Crippen LogP contribution in [0.5, 0.6) is 0 Å². The van der Waals surface area contributed by atoms with Gasteiger partial charge in [0, 0.05) is 12.4 Å². The Morgan fingerprint density at radius 3 is 2.33 bits per heavy atom. The van der Waals surface area contributed by atoms with E-state index in [1.165, 1.54) is 5.56 Å². The van der Waals surface area contributed by atoms with Crippen molar-refractivity contribution in [3.8, 4) is 0 Å². The number of hydrogen-bond donors (Lipinski definition) is 2. The Balaban J connectivity index is 0.000000261. The molecular weight excluding hydrogens is 154 g/mol. The molecule has 1 aromatic rings. The Morgan fingerprint density at radius 2 is 2.08 bits per heavy atom. The maximum absolute atomic E-state index is 8.94. The number of nitrogens with two attached hydrogens (primary N) is 1. The second-order valence-electron chi connectivity index (χ2n) is 1.99. The number of nitrogens with one attached hydrogen (secondary N) is 1. The fourth-order valence-corrected chi connectivity index (χ4v) is 0.618. The number of rotatable bonds is 2. The van der Waals surface area contributed by atoms with E-state index in [9.17, 15) is 0 Å². The topological polar surface area (TPSA) is 68.0 Å². The van der Waals surface area contributed by atoms with Crippen LogP contribution in [0.3, 0.4) is 0 Å². The molecule has 0 fully saturated rings. The predicted molar refractivity (Wildman–Crippen MR) is 47.0 cm³/mol. The molecule has 3 N–H and O–H groups in total. The normalized spacial score (nSPS) is 7.83. The van der Waals surface area contributed by atoms with Crippen LogP contribution in [0.2, 0.25) is 0 Å². The minimum absolute atomic E-state index is 0.403. The van der Waals surface area contributed by atoms with Crippen molar-refractivity contribution in [2.75, 3.05) is 0 Å². The van der Waals surface area contributed by atoms with Gasteiger partial charge in [0.05, 0.1) is 0 Å². The molecule has 1 heterocycles.